The van der Waals surface area contributed by atoms with Gasteiger partial charge in [0.1, 0.15) is 0 Å². The first-order valence-electron chi connectivity index (χ1n) is 11.1. The number of aromatic nitrogens is 3. The Balaban J connectivity index is 1.54. The Bertz CT molecular complexity index is 1000. The van der Waals surface area contributed by atoms with E-state index in [-0.39, 0.29) is 5.91 Å². The first-order valence-corrected chi connectivity index (χ1v) is 11.1. The van der Waals surface area contributed by atoms with Crippen molar-refractivity contribution in [1.29, 1.82) is 0 Å². The number of rotatable bonds is 7. The first-order chi connectivity index (χ1) is 14.7. The molecule has 0 saturated heterocycles. The lowest BCUT2D eigenvalue weighted by Crippen LogP contribution is -2.29. The van der Waals surface area contributed by atoms with Crippen molar-refractivity contribution in [2.45, 2.75) is 65.0 Å². The van der Waals surface area contributed by atoms with E-state index in [2.05, 4.69) is 51.9 Å². The average Bonchev–Trinajstić information content (AvgIpc) is 3.20. The fourth-order valence-electron chi connectivity index (χ4n) is 4.21. The SMILES string of the molecule is CCn1ncc2c(NC3CCCCC3)c(C(=O)NCCc3ccc(C)cc3)cnc21. The van der Waals surface area contributed by atoms with Crippen LogP contribution < -0.4 is 10.6 Å². The second kappa shape index (κ2) is 9.28. The van der Waals surface area contributed by atoms with Crippen molar-refractivity contribution < 1.29 is 4.79 Å². The summed E-state index contributed by atoms with van der Waals surface area (Å²) in [5.74, 6) is -0.0842. The summed E-state index contributed by atoms with van der Waals surface area (Å²) in [5.41, 5.74) is 4.77. The zero-order chi connectivity index (χ0) is 20.9. The molecular weight excluding hydrogens is 374 g/mol. The van der Waals surface area contributed by atoms with E-state index in [0.717, 1.165) is 42.5 Å². The van der Waals surface area contributed by atoms with Gasteiger partial charge in [-0.15, -0.1) is 0 Å². The Labute approximate surface area is 178 Å². The van der Waals surface area contributed by atoms with Gasteiger partial charge < -0.3 is 10.6 Å². The van der Waals surface area contributed by atoms with Gasteiger partial charge in [0.2, 0.25) is 0 Å². The molecule has 1 aromatic carbocycles. The third-order valence-corrected chi connectivity index (χ3v) is 5.98. The molecule has 6 heteroatoms. The number of fused-ring (bicyclic) bond motifs is 1. The topological polar surface area (TPSA) is 71.8 Å². The zero-order valence-electron chi connectivity index (χ0n) is 17.9. The molecule has 1 amide bonds. The number of hydrogen-bond donors (Lipinski definition) is 2. The van der Waals surface area contributed by atoms with Crippen LogP contribution in [0.4, 0.5) is 5.69 Å². The number of nitrogens with one attached hydrogen (secondary N) is 2. The number of anilines is 1. The number of hydrogen-bond acceptors (Lipinski definition) is 4. The largest absolute Gasteiger partial charge is 0.381 e. The lowest BCUT2D eigenvalue weighted by Gasteiger charge is -2.25. The fraction of sp³-hybridized carbons (Fsp3) is 0.458. The molecule has 0 atom stereocenters. The summed E-state index contributed by atoms with van der Waals surface area (Å²) in [6.07, 6.45) is 10.4. The highest BCUT2D eigenvalue weighted by atomic mass is 16.1. The van der Waals surface area contributed by atoms with Gasteiger partial charge in [0, 0.05) is 25.3 Å². The Morgan fingerprint density at radius 3 is 2.63 bits per heavy atom. The number of nitrogens with zero attached hydrogens (tertiary/aromatic N) is 3. The number of pyridine rings is 1. The molecule has 30 heavy (non-hydrogen) atoms. The molecule has 0 bridgehead atoms. The Morgan fingerprint density at radius 1 is 1.13 bits per heavy atom. The van der Waals surface area contributed by atoms with E-state index in [4.69, 9.17) is 0 Å². The second-order valence-corrected chi connectivity index (χ2v) is 8.22. The van der Waals surface area contributed by atoms with Crippen LogP contribution in [0.15, 0.2) is 36.7 Å². The molecule has 0 radical (unpaired) electrons. The number of carbonyl (C=O) groups is 1. The molecule has 6 nitrogen and oxygen atoms in total. The van der Waals surface area contributed by atoms with Gasteiger partial charge in [-0.1, -0.05) is 49.1 Å². The summed E-state index contributed by atoms with van der Waals surface area (Å²) in [6.45, 7) is 5.47. The minimum Gasteiger partial charge on any atom is -0.381 e. The van der Waals surface area contributed by atoms with Gasteiger partial charge in [-0.25, -0.2) is 9.67 Å². The number of benzene rings is 1. The highest BCUT2D eigenvalue weighted by Gasteiger charge is 2.21. The predicted octanol–water partition coefficient (Wildman–Crippen LogP) is 4.48. The molecule has 2 N–H and O–H groups in total. The molecule has 0 spiro atoms. The lowest BCUT2D eigenvalue weighted by molar-refractivity contribution is 0.0954. The van der Waals surface area contributed by atoms with Gasteiger partial charge in [0.25, 0.3) is 5.91 Å². The van der Waals surface area contributed by atoms with Gasteiger partial charge in [-0.05, 0) is 38.7 Å². The molecule has 4 rings (SSSR count). The van der Waals surface area contributed by atoms with Gasteiger partial charge >= 0.3 is 0 Å². The number of carbonyl (C=O) groups excluding carboxylic acids is 1. The van der Waals surface area contributed by atoms with Gasteiger partial charge in [-0.2, -0.15) is 5.10 Å². The maximum atomic E-state index is 13.1. The quantitative estimate of drug-likeness (QED) is 0.608. The van der Waals surface area contributed by atoms with Crippen molar-refractivity contribution in [1.82, 2.24) is 20.1 Å². The van der Waals surface area contributed by atoms with E-state index < -0.39 is 0 Å². The summed E-state index contributed by atoms with van der Waals surface area (Å²) in [6, 6.07) is 8.83. The summed E-state index contributed by atoms with van der Waals surface area (Å²) >= 11 is 0. The molecule has 0 aliphatic heterocycles. The normalized spacial score (nSPS) is 14.7. The predicted molar refractivity (Wildman–Crippen MR) is 121 cm³/mol. The average molecular weight is 406 g/mol. The van der Waals surface area contributed by atoms with E-state index >= 15 is 0 Å². The summed E-state index contributed by atoms with van der Waals surface area (Å²) < 4.78 is 1.88. The summed E-state index contributed by atoms with van der Waals surface area (Å²) in [5, 5.41) is 12.1. The molecule has 1 aliphatic rings. The monoisotopic (exact) mass is 405 g/mol. The second-order valence-electron chi connectivity index (χ2n) is 8.22. The van der Waals surface area contributed by atoms with Crippen LogP contribution in [0.3, 0.4) is 0 Å². The minimum absolute atomic E-state index is 0.0842. The first kappa shape index (κ1) is 20.4. The number of aryl methyl sites for hydroxylation is 2. The highest BCUT2D eigenvalue weighted by Crippen LogP contribution is 2.29. The van der Waals surface area contributed by atoms with Crippen molar-refractivity contribution >= 4 is 22.6 Å². The van der Waals surface area contributed by atoms with E-state index in [9.17, 15) is 4.79 Å². The Morgan fingerprint density at radius 2 is 1.90 bits per heavy atom. The van der Waals surface area contributed by atoms with E-state index in [1.54, 1.807) is 6.20 Å². The number of amides is 1. The third kappa shape index (κ3) is 4.48. The Kier molecular flexibility index (Phi) is 6.31. The van der Waals surface area contributed by atoms with Gasteiger partial charge in [-0.3, -0.25) is 4.79 Å². The molecule has 158 valence electrons. The summed E-state index contributed by atoms with van der Waals surface area (Å²) in [4.78, 5) is 17.6. The van der Waals surface area contributed by atoms with Gasteiger partial charge in [0.05, 0.1) is 22.8 Å². The zero-order valence-corrected chi connectivity index (χ0v) is 17.9. The maximum absolute atomic E-state index is 13.1. The molecule has 1 saturated carbocycles. The molecule has 1 fully saturated rings. The third-order valence-electron chi connectivity index (χ3n) is 5.98. The van der Waals surface area contributed by atoms with Crippen LogP contribution in [0.1, 0.15) is 60.5 Å². The van der Waals surface area contributed by atoms with Crippen LogP contribution in [0.2, 0.25) is 0 Å². The summed E-state index contributed by atoms with van der Waals surface area (Å²) in [7, 11) is 0. The standard InChI is InChI=1S/C24H31N5O/c1-3-29-23-20(16-27-29)22(28-19-7-5-4-6-8-19)21(15-26-23)24(30)25-14-13-18-11-9-17(2)10-12-18/h9-12,15-16,19H,3-8,13-14H2,1-2H3,(H,25,30)(H,26,28). The van der Waals surface area contributed by atoms with Crippen LogP contribution >= 0.6 is 0 Å². The van der Waals surface area contributed by atoms with Crippen molar-refractivity contribution in [3.8, 4) is 0 Å². The van der Waals surface area contributed by atoms with Gasteiger partial charge in [0.15, 0.2) is 5.65 Å². The minimum atomic E-state index is -0.0842. The molecular formula is C24H31N5O. The molecule has 2 heterocycles. The molecule has 0 unspecified atom stereocenters. The Hall–Kier alpha value is -2.89. The van der Waals surface area contributed by atoms with E-state index in [1.165, 1.54) is 30.4 Å². The highest BCUT2D eigenvalue weighted by molar-refractivity contribution is 6.06. The van der Waals surface area contributed by atoms with Crippen molar-refractivity contribution in [2.24, 2.45) is 0 Å². The van der Waals surface area contributed by atoms with E-state index in [1.807, 2.05) is 17.8 Å². The molecule has 2 aromatic heterocycles. The van der Waals surface area contributed by atoms with Crippen LogP contribution in [0, 0.1) is 6.92 Å². The van der Waals surface area contributed by atoms with Crippen molar-refractivity contribution in [3.05, 3.63) is 53.3 Å². The smallest absolute Gasteiger partial charge is 0.254 e. The molecule has 3 aromatic rings. The van der Waals surface area contributed by atoms with Crippen molar-refractivity contribution in [3.63, 3.8) is 0 Å². The fourth-order valence-corrected chi connectivity index (χ4v) is 4.21. The van der Waals surface area contributed by atoms with Crippen molar-refractivity contribution in [2.75, 3.05) is 11.9 Å². The van der Waals surface area contributed by atoms with Crippen LogP contribution in [0.5, 0.6) is 0 Å². The maximum Gasteiger partial charge on any atom is 0.254 e. The van der Waals surface area contributed by atoms with Crippen LogP contribution in [-0.2, 0) is 13.0 Å². The van der Waals surface area contributed by atoms with E-state index in [0.29, 0.717) is 18.2 Å². The molecule has 1 aliphatic carbocycles. The lowest BCUT2D eigenvalue weighted by atomic mass is 9.95. The van der Waals surface area contributed by atoms with Crippen LogP contribution in [-0.4, -0.2) is 33.3 Å². The van der Waals surface area contributed by atoms with Crippen LogP contribution in [0.25, 0.3) is 11.0 Å².